The van der Waals surface area contributed by atoms with Crippen molar-refractivity contribution in [3.63, 3.8) is 0 Å². The fraction of sp³-hybridized carbons (Fsp3) is 0.667. The van der Waals surface area contributed by atoms with Crippen LogP contribution in [0.15, 0.2) is 18.2 Å². The summed E-state index contributed by atoms with van der Waals surface area (Å²) in [7, 11) is 0. The molecule has 1 heterocycles. The maximum atomic E-state index is 12.4. The molecular formula is C21H31NO3. The van der Waals surface area contributed by atoms with E-state index in [9.17, 15) is 4.79 Å². The Hall–Kier alpha value is -1.71. The van der Waals surface area contributed by atoms with Crippen LogP contribution >= 0.6 is 0 Å². The summed E-state index contributed by atoms with van der Waals surface area (Å²) in [4.78, 5) is 12.4. The van der Waals surface area contributed by atoms with E-state index < -0.39 is 0 Å². The molecule has 0 spiro atoms. The second kappa shape index (κ2) is 6.54. The number of ether oxygens (including phenoxy) is 2. The minimum Gasteiger partial charge on any atom is -0.483 e. The maximum Gasteiger partial charge on any atom is 0.258 e. The van der Waals surface area contributed by atoms with Crippen molar-refractivity contribution in [2.45, 2.75) is 71.9 Å². The molecule has 1 aliphatic carbocycles. The Kier molecular flexibility index (Phi) is 4.74. The van der Waals surface area contributed by atoms with E-state index in [1.165, 1.54) is 6.42 Å². The van der Waals surface area contributed by atoms with E-state index in [2.05, 4.69) is 46.0 Å². The summed E-state index contributed by atoms with van der Waals surface area (Å²) < 4.78 is 11.8. The molecule has 1 aromatic carbocycles. The lowest BCUT2D eigenvalue weighted by Crippen LogP contribution is -2.44. The Labute approximate surface area is 151 Å². The quantitative estimate of drug-likeness (QED) is 0.893. The van der Waals surface area contributed by atoms with Gasteiger partial charge < -0.3 is 14.8 Å². The molecule has 0 radical (unpaired) electrons. The molecular weight excluding hydrogens is 314 g/mol. The van der Waals surface area contributed by atoms with Gasteiger partial charge in [0, 0.05) is 18.0 Å². The predicted octanol–water partition coefficient (Wildman–Crippen LogP) is 4.11. The zero-order chi connectivity index (χ0) is 18.2. The molecule has 1 amide bonds. The number of carbonyl (C=O) groups excluding carboxylic acids is 1. The van der Waals surface area contributed by atoms with Gasteiger partial charge in [-0.3, -0.25) is 4.79 Å². The van der Waals surface area contributed by atoms with Crippen molar-refractivity contribution >= 4 is 5.91 Å². The molecule has 1 aliphatic heterocycles. The van der Waals surface area contributed by atoms with Gasteiger partial charge in [-0.15, -0.1) is 0 Å². The Morgan fingerprint density at radius 3 is 2.76 bits per heavy atom. The number of fused-ring (bicyclic) bond motifs is 1. The van der Waals surface area contributed by atoms with Gasteiger partial charge in [-0.2, -0.15) is 0 Å². The molecule has 0 unspecified atom stereocenters. The fourth-order valence-electron chi connectivity index (χ4n) is 4.57. The second-order valence-electron chi connectivity index (χ2n) is 9.25. The van der Waals surface area contributed by atoms with Gasteiger partial charge in [0.2, 0.25) is 0 Å². The van der Waals surface area contributed by atoms with E-state index in [4.69, 9.17) is 9.47 Å². The highest BCUT2D eigenvalue weighted by molar-refractivity contribution is 5.78. The van der Waals surface area contributed by atoms with Crippen molar-refractivity contribution in [1.82, 2.24) is 5.32 Å². The van der Waals surface area contributed by atoms with Crippen molar-refractivity contribution in [3.05, 3.63) is 23.8 Å². The first kappa shape index (κ1) is 18.1. The average Bonchev–Trinajstić information content (AvgIpc) is 2.77. The Balaban J connectivity index is 1.56. The highest BCUT2D eigenvalue weighted by atomic mass is 16.5. The molecule has 25 heavy (non-hydrogen) atoms. The van der Waals surface area contributed by atoms with E-state index in [-0.39, 0.29) is 29.6 Å². The highest BCUT2D eigenvalue weighted by Crippen LogP contribution is 2.42. The molecule has 0 bridgehead atoms. The van der Waals surface area contributed by atoms with Crippen LogP contribution in [0, 0.1) is 11.3 Å². The van der Waals surface area contributed by atoms with Crippen LogP contribution in [0.4, 0.5) is 0 Å². The van der Waals surface area contributed by atoms with E-state index in [1.54, 1.807) is 0 Å². The lowest BCUT2D eigenvalue weighted by molar-refractivity contribution is -0.124. The van der Waals surface area contributed by atoms with Crippen LogP contribution in [-0.4, -0.2) is 24.2 Å². The molecule has 0 aromatic heterocycles. The molecule has 2 atom stereocenters. The number of carbonyl (C=O) groups is 1. The summed E-state index contributed by atoms with van der Waals surface area (Å²) in [6, 6.07) is 6.13. The third-order valence-electron chi connectivity index (χ3n) is 5.17. The van der Waals surface area contributed by atoms with Gasteiger partial charge in [-0.25, -0.2) is 0 Å². The lowest BCUT2D eigenvalue weighted by Gasteiger charge is -2.39. The molecule has 1 fully saturated rings. The Morgan fingerprint density at radius 2 is 2.04 bits per heavy atom. The lowest BCUT2D eigenvalue weighted by atomic mass is 9.70. The summed E-state index contributed by atoms with van der Waals surface area (Å²) in [5, 5.41) is 3.15. The Morgan fingerprint density at radius 1 is 1.28 bits per heavy atom. The van der Waals surface area contributed by atoms with E-state index >= 15 is 0 Å². The Bertz CT molecular complexity index is 651. The van der Waals surface area contributed by atoms with Gasteiger partial charge in [0.25, 0.3) is 5.91 Å². The fourth-order valence-corrected chi connectivity index (χ4v) is 4.57. The molecule has 4 nitrogen and oxygen atoms in total. The van der Waals surface area contributed by atoms with Gasteiger partial charge in [0.1, 0.15) is 5.60 Å². The maximum absolute atomic E-state index is 12.4. The van der Waals surface area contributed by atoms with Gasteiger partial charge in [-0.1, -0.05) is 32.9 Å². The molecule has 1 aromatic rings. The third-order valence-corrected chi connectivity index (χ3v) is 5.17. The van der Waals surface area contributed by atoms with Crippen LogP contribution < -0.4 is 14.8 Å². The van der Waals surface area contributed by atoms with Crippen LogP contribution in [0.2, 0.25) is 0 Å². The van der Waals surface area contributed by atoms with E-state index in [0.29, 0.717) is 11.7 Å². The van der Waals surface area contributed by atoms with E-state index in [1.807, 2.05) is 12.1 Å². The van der Waals surface area contributed by atoms with Crippen LogP contribution in [-0.2, 0) is 11.2 Å². The van der Waals surface area contributed by atoms with E-state index in [0.717, 1.165) is 30.6 Å². The molecule has 2 aliphatic rings. The largest absolute Gasteiger partial charge is 0.483 e. The number of nitrogens with one attached hydrogen (secondary N) is 1. The second-order valence-corrected chi connectivity index (χ2v) is 9.25. The smallest absolute Gasteiger partial charge is 0.258 e. The summed E-state index contributed by atoms with van der Waals surface area (Å²) in [6.07, 6.45) is 4.16. The first-order valence-corrected chi connectivity index (χ1v) is 9.37. The summed E-state index contributed by atoms with van der Waals surface area (Å²) in [5.41, 5.74) is 1.22. The number of para-hydroxylation sites is 1. The van der Waals surface area contributed by atoms with Crippen molar-refractivity contribution in [1.29, 1.82) is 0 Å². The van der Waals surface area contributed by atoms with Crippen LogP contribution in [0.3, 0.4) is 0 Å². The summed E-state index contributed by atoms with van der Waals surface area (Å²) >= 11 is 0. The third kappa shape index (κ3) is 4.47. The van der Waals surface area contributed by atoms with Crippen molar-refractivity contribution < 1.29 is 14.3 Å². The van der Waals surface area contributed by atoms with Gasteiger partial charge >= 0.3 is 0 Å². The standard InChI is InChI=1S/C21H31NO3/c1-14-9-16(12-20(2,3)10-14)22-18(23)13-24-17-8-6-7-15-11-21(4,5)25-19(15)17/h6-8,14,16H,9-13H2,1-5H3,(H,22,23)/t14-,16+/m0/s1. The number of hydrogen-bond donors (Lipinski definition) is 1. The van der Waals surface area contributed by atoms with Crippen molar-refractivity contribution in [3.8, 4) is 11.5 Å². The minimum absolute atomic E-state index is 0.0333. The van der Waals surface area contributed by atoms with Gasteiger partial charge in [0.05, 0.1) is 0 Å². The van der Waals surface area contributed by atoms with Gasteiger partial charge in [-0.05, 0) is 50.5 Å². The SMILES string of the molecule is C[C@H]1C[C@@H](NC(=O)COc2cccc3c2OC(C)(C)C3)CC(C)(C)C1. The minimum atomic E-state index is -0.214. The average molecular weight is 345 g/mol. The molecule has 138 valence electrons. The highest BCUT2D eigenvalue weighted by Gasteiger charge is 2.34. The van der Waals surface area contributed by atoms with Crippen molar-refractivity contribution in [2.75, 3.05) is 6.61 Å². The molecule has 3 rings (SSSR count). The zero-order valence-electron chi connectivity index (χ0n) is 16.1. The first-order chi connectivity index (χ1) is 11.6. The van der Waals surface area contributed by atoms with Crippen molar-refractivity contribution in [2.24, 2.45) is 11.3 Å². The van der Waals surface area contributed by atoms with Crippen LogP contribution in [0.25, 0.3) is 0 Å². The number of rotatable bonds is 4. The number of benzene rings is 1. The number of amides is 1. The number of hydrogen-bond acceptors (Lipinski definition) is 3. The predicted molar refractivity (Wildman–Crippen MR) is 99.1 cm³/mol. The zero-order valence-corrected chi connectivity index (χ0v) is 16.1. The molecule has 1 saturated carbocycles. The molecule has 0 saturated heterocycles. The summed E-state index contributed by atoms with van der Waals surface area (Å²) in [5.74, 6) is 2.04. The van der Waals surface area contributed by atoms with Crippen LogP contribution in [0.1, 0.15) is 59.4 Å². The van der Waals surface area contributed by atoms with Gasteiger partial charge in [0.15, 0.2) is 18.1 Å². The first-order valence-electron chi connectivity index (χ1n) is 9.37. The molecule has 1 N–H and O–H groups in total. The monoisotopic (exact) mass is 345 g/mol. The molecule has 4 heteroatoms. The topological polar surface area (TPSA) is 47.6 Å². The summed E-state index contributed by atoms with van der Waals surface area (Å²) in [6.45, 7) is 11.0. The normalized spacial score (nSPS) is 26.4. The van der Waals surface area contributed by atoms with Crippen LogP contribution in [0.5, 0.6) is 11.5 Å².